The van der Waals surface area contributed by atoms with Crippen LogP contribution in [0.4, 0.5) is 0 Å². The molecule has 124 valence electrons. The fraction of sp³-hybridized carbons (Fsp3) is 1.00. The van der Waals surface area contributed by atoms with Crippen molar-refractivity contribution < 1.29 is 0 Å². The van der Waals surface area contributed by atoms with Gasteiger partial charge in [-0.3, -0.25) is 0 Å². The molecule has 0 radical (unpaired) electrons. The molecule has 21 heavy (non-hydrogen) atoms. The minimum Gasteiger partial charge on any atom is -0.312 e. The van der Waals surface area contributed by atoms with E-state index in [-0.39, 0.29) is 0 Å². The third kappa shape index (κ3) is 5.25. The summed E-state index contributed by atoms with van der Waals surface area (Å²) in [6.45, 7) is 7.11. The lowest BCUT2D eigenvalue weighted by Crippen LogP contribution is -2.47. The normalized spacial score (nSPS) is 29.1. The van der Waals surface area contributed by atoms with Crippen molar-refractivity contribution in [3.63, 3.8) is 0 Å². The monoisotopic (exact) mass is 294 g/mol. The molecule has 2 fully saturated rings. The Morgan fingerprint density at radius 2 is 1.67 bits per heavy atom. The standard InChI is InChI=1S/C19H38N2/c1-4-14-20-19(17-8-6-7-9-17)15-21(3)18-12-10-16(5-2)11-13-18/h16-20H,4-15H2,1-3H3. The molecule has 1 N–H and O–H groups in total. The largest absolute Gasteiger partial charge is 0.312 e. The van der Waals surface area contributed by atoms with Crippen LogP contribution in [0.15, 0.2) is 0 Å². The summed E-state index contributed by atoms with van der Waals surface area (Å²) in [6, 6.07) is 1.58. The molecule has 2 aliphatic rings. The van der Waals surface area contributed by atoms with Crippen molar-refractivity contribution in [2.24, 2.45) is 11.8 Å². The van der Waals surface area contributed by atoms with E-state index in [1.165, 1.54) is 77.3 Å². The van der Waals surface area contributed by atoms with Gasteiger partial charge < -0.3 is 10.2 Å². The van der Waals surface area contributed by atoms with Gasteiger partial charge in [0.05, 0.1) is 0 Å². The van der Waals surface area contributed by atoms with Crippen LogP contribution >= 0.6 is 0 Å². The Bertz CT molecular complexity index is 265. The summed E-state index contributed by atoms with van der Waals surface area (Å²) in [5.41, 5.74) is 0. The number of rotatable bonds is 8. The minimum absolute atomic E-state index is 0.737. The van der Waals surface area contributed by atoms with Crippen molar-refractivity contribution in [3.8, 4) is 0 Å². The number of hydrogen-bond acceptors (Lipinski definition) is 2. The van der Waals surface area contributed by atoms with E-state index in [0.29, 0.717) is 0 Å². The molecule has 1 atom stereocenters. The fourth-order valence-corrected chi connectivity index (χ4v) is 4.52. The molecule has 0 saturated heterocycles. The maximum absolute atomic E-state index is 3.86. The molecule has 0 heterocycles. The summed E-state index contributed by atoms with van der Waals surface area (Å²) >= 11 is 0. The Balaban J connectivity index is 1.80. The van der Waals surface area contributed by atoms with E-state index in [4.69, 9.17) is 0 Å². The zero-order valence-electron chi connectivity index (χ0n) is 14.7. The molecule has 0 amide bonds. The predicted octanol–water partition coefficient (Wildman–Crippen LogP) is 4.45. The highest BCUT2D eigenvalue weighted by Crippen LogP contribution is 2.31. The minimum atomic E-state index is 0.737. The number of nitrogens with one attached hydrogen (secondary N) is 1. The molecular weight excluding hydrogens is 256 g/mol. The Morgan fingerprint density at radius 3 is 2.24 bits per heavy atom. The Hall–Kier alpha value is -0.0800. The lowest BCUT2D eigenvalue weighted by Gasteiger charge is -2.37. The van der Waals surface area contributed by atoms with Crippen molar-refractivity contribution in [3.05, 3.63) is 0 Å². The van der Waals surface area contributed by atoms with Crippen LogP contribution in [0.25, 0.3) is 0 Å². The van der Waals surface area contributed by atoms with Crippen LogP contribution in [0, 0.1) is 11.8 Å². The molecule has 0 aliphatic heterocycles. The first-order chi connectivity index (χ1) is 10.2. The summed E-state index contributed by atoms with van der Waals surface area (Å²) in [7, 11) is 2.38. The Labute approximate surface area is 133 Å². The maximum Gasteiger partial charge on any atom is 0.0223 e. The summed E-state index contributed by atoms with van der Waals surface area (Å²) in [5.74, 6) is 1.95. The average Bonchev–Trinajstić information content (AvgIpc) is 3.05. The lowest BCUT2D eigenvalue weighted by molar-refractivity contribution is 0.138. The van der Waals surface area contributed by atoms with Crippen LogP contribution < -0.4 is 5.32 Å². The van der Waals surface area contributed by atoms with E-state index in [9.17, 15) is 0 Å². The van der Waals surface area contributed by atoms with Crippen molar-refractivity contribution in [1.29, 1.82) is 0 Å². The number of likely N-dealkylation sites (N-methyl/N-ethyl adjacent to an activating group) is 1. The van der Waals surface area contributed by atoms with E-state index in [1.54, 1.807) is 0 Å². The molecule has 0 aromatic rings. The van der Waals surface area contributed by atoms with Gasteiger partial charge in [-0.2, -0.15) is 0 Å². The van der Waals surface area contributed by atoms with E-state index < -0.39 is 0 Å². The van der Waals surface area contributed by atoms with Crippen molar-refractivity contribution >= 4 is 0 Å². The van der Waals surface area contributed by atoms with Gasteiger partial charge in [0.1, 0.15) is 0 Å². The van der Waals surface area contributed by atoms with Crippen LogP contribution in [0.2, 0.25) is 0 Å². The molecular formula is C19H38N2. The first-order valence-electron chi connectivity index (χ1n) is 9.68. The van der Waals surface area contributed by atoms with Gasteiger partial charge in [0.25, 0.3) is 0 Å². The molecule has 2 heteroatoms. The lowest BCUT2D eigenvalue weighted by atomic mass is 9.83. The van der Waals surface area contributed by atoms with Crippen LogP contribution in [0.3, 0.4) is 0 Å². The molecule has 1 unspecified atom stereocenters. The van der Waals surface area contributed by atoms with E-state index in [1.807, 2.05) is 0 Å². The van der Waals surface area contributed by atoms with E-state index in [0.717, 1.165) is 23.9 Å². The predicted molar refractivity (Wildman–Crippen MR) is 92.7 cm³/mol. The second-order valence-corrected chi connectivity index (χ2v) is 7.63. The summed E-state index contributed by atoms with van der Waals surface area (Å²) in [4.78, 5) is 2.69. The third-order valence-corrected chi connectivity index (χ3v) is 6.13. The second kappa shape index (κ2) is 9.15. The molecule has 0 bridgehead atoms. The molecule has 2 aliphatic carbocycles. The summed E-state index contributed by atoms with van der Waals surface area (Å²) in [5, 5.41) is 3.86. The average molecular weight is 295 g/mol. The molecule has 0 aromatic heterocycles. The SMILES string of the molecule is CCCNC(CN(C)C1CCC(CC)CC1)C1CCCC1. The van der Waals surface area contributed by atoms with Crippen molar-refractivity contribution in [2.45, 2.75) is 90.1 Å². The highest BCUT2D eigenvalue weighted by Gasteiger charge is 2.29. The Kier molecular flexibility index (Phi) is 7.53. The third-order valence-electron chi connectivity index (χ3n) is 6.13. The van der Waals surface area contributed by atoms with Crippen LogP contribution in [0.5, 0.6) is 0 Å². The van der Waals surface area contributed by atoms with Gasteiger partial charge >= 0.3 is 0 Å². The van der Waals surface area contributed by atoms with Gasteiger partial charge in [0, 0.05) is 18.6 Å². The molecule has 0 aromatic carbocycles. The Morgan fingerprint density at radius 1 is 1.00 bits per heavy atom. The second-order valence-electron chi connectivity index (χ2n) is 7.63. The van der Waals surface area contributed by atoms with Crippen LogP contribution in [0.1, 0.15) is 78.1 Å². The van der Waals surface area contributed by atoms with Gasteiger partial charge in [0.2, 0.25) is 0 Å². The first-order valence-corrected chi connectivity index (χ1v) is 9.68. The highest BCUT2D eigenvalue weighted by molar-refractivity contribution is 4.86. The molecule has 2 rings (SSSR count). The summed E-state index contributed by atoms with van der Waals surface area (Å²) in [6.07, 6.45) is 14.3. The zero-order chi connectivity index (χ0) is 15.1. The van der Waals surface area contributed by atoms with E-state index in [2.05, 4.69) is 31.1 Å². The molecule has 2 saturated carbocycles. The van der Waals surface area contributed by atoms with Crippen LogP contribution in [-0.2, 0) is 0 Å². The number of nitrogens with zero attached hydrogens (tertiary/aromatic N) is 1. The van der Waals surface area contributed by atoms with Crippen LogP contribution in [-0.4, -0.2) is 37.1 Å². The maximum atomic E-state index is 3.86. The van der Waals surface area contributed by atoms with Gasteiger partial charge in [-0.25, -0.2) is 0 Å². The van der Waals surface area contributed by atoms with Gasteiger partial charge in [0.15, 0.2) is 0 Å². The zero-order valence-corrected chi connectivity index (χ0v) is 14.7. The molecule has 2 nitrogen and oxygen atoms in total. The first kappa shape index (κ1) is 17.3. The van der Waals surface area contributed by atoms with Crippen molar-refractivity contribution in [2.75, 3.05) is 20.1 Å². The van der Waals surface area contributed by atoms with E-state index >= 15 is 0 Å². The topological polar surface area (TPSA) is 15.3 Å². The molecule has 0 spiro atoms. The van der Waals surface area contributed by atoms with Gasteiger partial charge in [-0.05, 0) is 70.4 Å². The fourth-order valence-electron chi connectivity index (χ4n) is 4.52. The quantitative estimate of drug-likeness (QED) is 0.711. The highest BCUT2D eigenvalue weighted by atomic mass is 15.2. The summed E-state index contributed by atoms with van der Waals surface area (Å²) < 4.78 is 0. The number of hydrogen-bond donors (Lipinski definition) is 1. The van der Waals surface area contributed by atoms with Gasteiger partial charge in [-0.15, -0.1) is 0 Å². The van der Waals surface area contributed by atoms with Gasteiger partial charge in [-0.1, -0.05) is 33.1 Å². The smallest absolute Gasteiger partial charge is 0.0223 e. The van der Waals surface area contributed by atoms with Crippen molar-refractivity contribution in [1.82, 2.24) is 10.2 Å².